The number of benzene rings is 6. The SMILES string of the molecule is C1=CC(C2=NC(c3cccc(-n4c5ccccc5c5cc6c7ccccc7n(-c7ccccc7)c6cc54)c3)=NC(c3ccccc3)N2)=CCC1. The standard InChI is InChI=1S/C45H33N5/c1-4-15-30(16-5-1)43-46-44(31-17-6-2-7-18-31)48-45(47-43)32-19-14-22-34(27-32)50-40-26-13-11-24-36(40)38-28-37-35-23-10-12-25-39(35)49(41(37)29-42(38)50)33-20-8-3-9-21-33/h1,3-6,8-29,43H,2,7H2,(H,46,47,48). The fraction of sp³-hybridized carbons (Fsp3) is 0.0667. The van der Waals surface area contributed by atoms with Crippen LogP contribution in [0.4, 0.5) is 0 Å². The summed E-state index contributed by atoms with van der Waals surface area (Å²) >= 11 is 0. The lowest BCUT2D eigenvalue weighted by molar-refractivity contribution is 0.673. The molecular formula is C45H33N5. The highest BCUT2D eigenvalue weighted by Gasteiger charge is 2.23. The summed E-state index contributed by atoms with van der Waals surface area (Å²) in [6, 6.07) is 52.0. The molecule has 0 saturated heterocycles. The second-order valence-corrected chi connectivity index (χ2v) is 13.0. The van der Waals surface area contributed by atoms with Crippen molar-refractivity contribution < 1.29 is 0 Å². The van der Waals surface area contributed by atoms with Crippen LogP contribution in [0.1, 0.15) is 30.1 Å². The van der Waals surface area contributed by atoms with Crippen molar-refractivity contribution in [2.24, 2.45) is 9.98 Å². The van der Waals surface area contributed by atoms with Crippen LogP contribution in [0.25, 0.3) is 55.0 Å². The van der Waals surface area contributed by atoms with Crippen LogP contribution in [0, 0.1) is 0 Å². The molecule has 0 amide bonds. The molecule has 50 heavy (non-hydrogen) atoms. The first-order valence-corrected chi connectivity index (χ1v) is 17.3. The van der Waals surface area contributed by atoms with Crippen LogP contribution < -0.4 is 5.32 Å². The third kappa shape index (κ3) is 4.62. The third-order valence-corrected chi connectivity index (χ3v) is 9.97. The Kier molecular flexibility index (Phi) is 6.62. The zero-order chi connectivity index (χ0) is 33.0. The van der Waals surface area contributed by atoms with Gasteiger partial charge in [0, 0.05) is 44.1 Å². The molecule has 5 heteroatoms. The predicted molar refractivity (Wildman–Crippen MR) is 208 cm³/mol. The van der Waals surface area contributed by atoms with Crippen LogP contribution in [0.5, 0.6) is 0 Å². The third-order valence-electron chi connectivity index (χ3n) is 9.97. The average molecular weight is 644 g/mol. The van der Waals surface area contributed by atoms with E-state index in [0.29, 0.717) is 0 Å². The molecule has 5 nitrogen and oxygen atoms in total. The largest absolute Gasteiger partial charge is 0.344 e. The lowest BCUT2D eigenvalue weighted by atomic mass is 10.0. The second kappa shape index (κ2) is 11.6. The summed E-state index contributed by atoms with van der Waals surface area (Å²) in [6.45, 7) is 0. The van der Waals surface area contributed by atoms with Gasteiger partial charge in [-0.3, -0.25) is 0 Å². The maximum Gasteiger partial charge on any atom is 0.159 e. The highest BCUT2D eigenvalue weighted by atomic mass is 15.2. The molecule has 0 saturated carbocycles. The Hall–Kier alpha value is -6.46. The molecule has 1 aliphatic heterocycles. The molecule has 6 aromatic carbocycles. The average Bonchev–Trinajstić information content (AvgIpc) is 3.70. The molecule has 10 rings (SSSR count). The van der Waals surface area contributed by atoms with Crippen LogP contribution >= 0.6 is 0 Å². The number of aromatic nitrogens is 2. The Labute approximate surface area is 289 Å². The van der Waals surface area contributed by atoms with E-state index in [2.05, 4.69) is 172 Å². The highest BCUT2D eigenvalue weighted by molar-refractivity contribution is 6.19. The number of allylic oxidation sites excluding steroid dienone is 2. The number of aliphatic imine (C=N–C) groups is 2. The number of amidine groups is 2. The minimum absolute atomic E-state index is 0.236. The summed E-state index contributed by atoms with van der Waals surface area (Å²) in [7, 11) is 0. The van der Waals surface area contributed by atoms with Crippen molar-refractivity contribution in [1.82, 2.24) is 14.5 Å². The molecule has 0 radical (unpaired) electrons. The fourth-order valence-electron chi connectivity index (χ4n) is 7.67. The Balaban J connectivity index is 1.19. The molecule has 2 aromatic heterocycles. The van der Waals surface area contributed by atoms with E-state index in [1.165, 1.54) is 38.1 Å². The highest BCUT2D eigenvalue weighted by Crippen LogP contribution is 2.39. The van der Waals surface area contributed by atoms with Gasteiger partial charge in [0.15, 0.2) is 5.84 Å². The molecule has 2 aliphatic rings. The summed E-state index contributed by atoms with van der Waals surface area (Å²) in [5.41, 5.74) is 10.1. The van der Waals surface area contributed by atoms with Gasteiger partial charge in [0.2, 0.25) is 0 Å². The van der Waals surface area contributed by atoms with Crippen LogP contribution in [0.3, 0.4) is 0 Å². The molecule has 0 spiro atoms. The monoisotopic (exact) mass is 643 g/mol. The van der Waals surface area contributed by atoms with E-state index >= 15 is 0 Å². The zero-order valence-corrected chi connectivity index (χ0v) is 27.4. The molecule has 1 aliphatic carbocycles. The van der Waals surface area contributed by atoms with Gasteiger partial charge in [-0.1, -0.05) is 115 Å². The van der Waals surface area contributed by atoms with Gasteiger partial charge in [0.1, 0.15) is 12.0 Å². The number of rotatable bonds is 5. The number of fused-ring (bicyclic) bond motifs is 6. The smallest absolute Gasteiger partial charge is 0.159 e. The quantitative estimate of drug-likeness (QED) is 0.199. The molecule has 3 heterocycles. The topological polar surface area (TPSA) is 46.6 Å². The molecule has 0 fully saturated rings. The van der Waals surface area contributed by atoms with Gasteiger partial charge in [0.25, 0.3) is 0 Å². The lowest BCUT2D eigenvalue weighted by Crippen LogP contribution is -2.34. The number of nitrogens with zero attached hydrogens (tertiary/aromatic N) is 4. The summed E-state index contributed by atoms with van der Waals surface area (Å²) in [5, 5.41) is 8.57. The van der Waals surface area contributed by atoms with E-state index < -0.39 is 0 Å². The molecule has 8 aromatic rings. The lowest BCUT2D eigenvalue weighted by Gasteiger charge is -2.24. The van der Waals surface area contributed by atoms with Gasteiger partial charge >= 0.3 is 0 Å². The summed E-state index contributed by atoms with van der Waals surface area (Å²) in [6.07, 6.45) is 8.48. The molecular weight excluding hydrogens is 611 g/mol. The first-order chi connectivity index (χ1) is 24.8. The van der Waals surface area contributed by atoms with Crippen LogP contribution in [0.2, 0.25) is 0 Å². The molecule has 1 N–H and O–H groups in total. The molecule has 1 unspecified atom stereocenters. The number of para-hydroxylation sites is 3. The summed E-state index contributed by atoms with van der Waals surface area (Å²) < 4.78 is 4.79. The first kappa shape index (κ1) is 28.5. The maximum atomic E-state index is 5.18. The normalized spacial score (nSPS) is 16.1. The van der Waals surface area contributed by atoms with Crippen molar-refractivity contribution in [1.29, 1.82) is 0 Å². The van der Waals surface area contributed by atoms with Crippen molar-refractivity contribution >= 4 is 55.3 Å². The Morgan fingerprint density at radius 3 is 1.88 bits per heavy atom. The minimum atomic E-state index is -0.236. The van der Waals surface area contributed by atoms with Gasteiger partial charge in [-0.2, -0.15) is 0 Å². The van der Waals surface area contributed by atoms with Crippen molar-refractivity contribution in [3.05, 3.63) is 181 Å². The molecule has 1 atom stereocenters. The second-order valence-electron chi connectivity index (χ2n) is 13.0. The van der Waals surface area contributed by atoms with Gasteiger partial charge in [-0.25, -0.2) is 9.98 Å². The predicted octanol–water partition coefficient (Wildman–Crippen LogP) is 10.6. The summed E-state index contributed by atoms with van der Waals surface area (Å²) in [4.78, 5) is 10.3. The Morgan fingerprint density at radius 2 is 1.18 bits per heavy atom. The number of nitrogens with one attached hydrogen (secondary N) is 1. The maximum absolute atomic E-state index is 5.18. The summed E-state index contributed by atoms with van der Waals surface area (Å²) in [5.74, 6) is 1.58. The van der Waals surface area contributed by atoms with Crippen LogP contribution in [-0.4, -0.2) is 20.8 Å². The fourth-order valence-corrected chi connectivity index (χ4v) is 7.67. The van der Waals surface area contributed by atoms with E-state index in [1.54, 1.807) is 0 Å². The van der Waals surface area contributed by atoms with Gasteiger partial charge in [-0.05, 0) is 66.9 Å². The molecule has 238 valence electrons. The van der Waals surface area contributed by atoms with Crippen LogP contribution in [0.15, 0.2) is 179 Å². The Bertz CT molecular complexity index is 2720. The number of hydrogen-bond acceptors (Lipinski definition) is 3. The van der Waals surface area contributed by atoms with E-state index in [-0.39, 0.29) is 6.17 Å². The van der Waals surface area contributed by atoms with Crippen molar-refractivity contribution in [2.75, 3.05) is 0 Å². The van der Waals surface area contributed by atoms with Crippen molar-refractivity contribution in [3.8, 4) is 11.4 Å². The van der Waals surface area contributed by atoms with E-state index in [9.17, 15) is 0 Å². The Morgan fingerprint density at radius 1 is 0.540 bits per heavy atom. The van der Waals surface area contributed by atoms with E-state index in [0.717, 1.165) is 58.1 Å². The van der Waals surface area contributed by atoms with E-state index in [1.807, 2.05) is 6.07 Å². The number of hydrogen-bond donors (Lipinski definition) is 1. The molecule has 0 bridgehead atoms. The van der Waals surface area contributed by atoms with Crippen LogP contribution in [-0.2, 0) is 0 Å². The van der Waals surface area contributed by atoms with Gasteiger partial charge in [-0.15, -0.1) is 0 Å². The van der Waals surface area contributed by atoms with Crippen molar-refractivity contribution in [2.45, 2.75) is 19.0 Å². The van der Waals surface area contributed by atoms with Gasteiger partial charge < -0.3 is 14.5 Å². The van der Waals surface area contributed by atoms with Crippen molar-refractivity contribution in [3.63, 3.8) is 0 Å². The first-order valence-electron chi connectivity index (χ1n) is 17.3. The van der Waals surface area contributed by atoms with E-state index in [4.69, 9.17) is 9.98 Å². The zero-order valence-electron chi connectivity index (χ0n) is 27.4. The minimum Gasteiger partial charge on any atom is -0.344 e. The van der Waals surface area contributed by atoms with Gasteiger partial charge in [0.05, 0.1) is 22.1 Å².